The number of nitrogens with zero attached hydrogens (tertiary/aromatic N) is 1. The van der Waals surface area contributed by atoms with E-state index in [4.69, 9.17) is 0 Å². The van der Waals surface area contributed by atoms with Gasteiger partial charge in [-0.2, -0.15) is 0 Å². The van der Waals surface area contributed by atoms with Crippen LogP contribution in [0.3, 0.4) is 0 Å². The van der Waals surface area contributed by atoms with Gasteiger partial charge in [0.15, 0.2) is 0 Å². The monoisotopic (exact) mass is 217 g/mol. The number of aromatic nitrogens is 1. The smallest absolute Gasteiger partial charge is 0.123 e. The number of aryl methyl sites for hydroxylation is 1. The molecule has 1 aromatic rings. The molecule has 0 amide bonds. The van der Waals surface area contributed by atoms with Crippen LogP contribution in [0.4, 0.5) is 0 Å². The number of rotatable bonds is 2. The molecule has 0 bridgehead atoms. The van der Waals surface area contributed by atoms with Crippen LogP contribution in [-0.2, 0) is 4.79 Å². The van der Waals surface area contributed by atoms with Gasteiger partial charge < -0.3 is 4.79 Å². The Morgan fingerprint density at radius 3 is 2.94 bits per heavy atom. The van der Waals surface area contributed by atoms with Gasteiger partial charge >= 0.3 is 0 Å². The van der Waals surface area contributed by atoms with Crippen molar-refractivity contribution in [2.45, 2.75) is 39.0 Å². The van der Waals surface area contributed by atoms with E-state index in [0.717, 1.165) is 24.8 Å². The number of pyridine rings is 1. The first-order valence-electron chi connectivity index (χ1n) is 6.11. The summed E-state index contributed by atoms with van der Waals surface area (Å²) in [6.07, 6.45) is 6.39. The van der Waals surface area contributed by atoms with E-state index in [1.807, 2.05) is 12.3 Å². The molecule has 2 nitrogen and oxygen atoms in total. The fraction of sp³-hybridized carbons (Fsp3) is 0.571. The van der Waals surface area contributed by atoms with Gasteiger partial charge in [0.05, 0.1) is 0 Å². The molecule has 1 fully saturated rings. The normalized spacial score (nSPS) is 30.0. The molecular formula is C14H19NO. The average molecular weight is 217 g/mol. The Bertz CT molecular complexity index is 375. The topological polar surface area (TPSA) is 30.0 Å². The molecular weight excluding hydrogens is 198 g/mol. The van der Waals surface area contributed by atoms with Crippen molar-refractivity contribution in [1.82, 2.24) is 4.98 Å². The summed E-state index contributed by atoms with van der Waals surface area (Å²) in [4.78, 5) is 15.4. The Labute approximate surface area is 97.1 Å². The molecule has 0 radical (unpaired) electrons. The van der Waals surface area contributed by atoms with Crippen LogP contribution in [0, 0.1) is 18.8 Å². The van der Waals surface area contributed by atoms with Crippen LogP contribution in [0.5, 0.6) is 0 Å². The zero-order valence-corrected chi connectivity index (χ0v) is 10.0. The third-order valence-corrected chi connectivity index (χ3v) is 3.98. The lowest BCUT2D eigenvalue weighted by atomic mass is 9.70. The molecule has 0 spiro atoms. The van der Waals surface area contributed by atoms with Gasteiger partial charge in [0.1, 0.15) is 6.29 Å². The van der Waals surface area contributed by atoms with E-state index in [1.165, 1.54) is 12.0 Å². The average Bonchev–Trinajstić information content (AvgIpc) is 2.31. The largest absolute Gasteiger partial charge is 0.303 e. The van der Waals surface area contributed by atoms with E-state index in [9.17, 15) is 4.79 Å². The number of carbonyl (C=O) groups excluding carboxylic acids is 1. The molecule has 1 heterocycles. The van der Waals surface area contributed by atoms with Crippen LogP contribution in [0.1, 0.15) is 43.4 Å². The number of carbonyl (C=O) groups is 1. The third-order valence-electron chi connectivity index (χ3n) is 3.98. The lowest BCUT2D eigenvalue weighted by Gasteiger charge is -2.34. The van der Waals surface area contributed by atoms with Crippen LogP contribution >= 0.6 is 0 Å². The second kappa shape index (κ2) is 4.77. The van der Waals surface area contributed by atoms with Gasteiger partial charge in [0, 0.05) is 17.8 Å². The number of hydrogen-bond acceptors (Lipinski definition) is 2. The summed E-state index contributed by atoms with van der Waals surface area (Å²) in [5.41, 5.74) is 2.45. The minimum Gasteiger partial charge on any atom is -0.303 e. The highest BCUT2D eigenvalue weighted by Gasteiger charge is 2.31. The first kappa shape index (κ1) is 11.3. The van der Waals surface area contributed by atoms with Gasteiger partial charge in [0.25, 0.3) is 0 Å². The van der Waals surface area contributed by atoms with Crippen molar-refractivity contribution in [2.24, 2.45) is 11.8 Å². The van der Waals surface area contributed by atoms with Crippen molar-refractivity contribution < 1.29 is 4.79 Å². The highest BCUT2D eigenvalue weighted by Crippen LogP contribution is 2.40. The highest BCUT2D eigenvalue weighted by atomic mass is 16.1. The summed E-state index contributed by atoms with van der Waals surface area (Å²) in [6, 6.07) is 4.16. The van der Waals surface area contributed by atoms with E-state index in [2.05, 4.69) is 24.9 Å². The van der Waals surface area contributed by atoms with E-state index < -0.39 is 0 Å². The molecule has 3 unspecified atom stereocenters. The van der Waals surface area contributed by atoms with Crippen molar-refractivity contribution in [3.8, 4) is 0 Å². The quantitative estimate of drug-likeness (QED) is 0.712. The Morgan fingerprint density at radius 2 is 2.25 bits per heavy atom. The lowest BCUT2D eigenvalue weighted by molar-refractivity contribution is -0.113. The van der Waals surface area contributed by atoms with Crippen LogP contribution in [-0.4, -0.2) is 11.3 Å². The predicted octanol–water partition coefficient (Wildman–Crippen LogP) is 3.11. The van der Waals surface area contributed by atoms with E-state index in [0.29, 0.717) is 11.8 Å². The molecule has 0 aliphatic heterocycles. The third kappa shape index (κ3) is 2.01. The molecule has 2 rings (SSSR count). The van der Waals surface area contributed by atoms with E-state index in [-0.39, 0.29) is 5.92 Å². The maximum absolute atomic E-state index is 11.0. The summed E-state index contributed by atoms with van der Waals surface area (Å²) in [5.74, 6) is 1.20. The van der Waals surface area contributed by atoms with Gasteiger partial charge in [-0.1, -0.05) is 19.4 Å². The van der Waals surface area contributed by atoms with Crippen molar-refractivity contribution >= 4 is 6.29 Å². The van der Waals surface area contributed by atoms with Gasteiger partial charge in [-0.25, -0.2) is 0 Å². The maximum atomic E-state index is 11.0. The lowest BCUT2D eigenvalue weighted by Crippen LogP contribution is -2.26. The first-order valence-corrected chi connectivity index (χ1v) is 6.11. The molecule has 0 N–H and O–H groups in total. The first-order chi connectivity index (χ1) is 7.74. The summed E-state index contributed by atoms with van der Waals surface area (Å²) < 4.78 is 0. The Kier molecular flexibility index (Phi) is 3.37. The zero-order valence-electron chi connectivity index (χ0n) is 10.0. The fourth-order valence-electron chi connectivity index (χ4n) is 2.92. The SMILES string of the molecule is Cc1ncccc1C1CCCC(C=O)C1C. The fourth-order valence-corrected chi connectivity index (χ4v) is 2.92. The Balaban J connectivity index is 2.26. The molecule has 1 saturated carbocycles. The summed E-state index contributed by atoms with van der Waals surface area (Å²) in [5, 5.41) is 0. The molecule has 1 aliphatic rings. The number of aldehydes is 1. The van der Waals surface area contributed by atoms with Crippen molar-refractivity contribution in [3.63, 3.8) is 0 Å². The van der Waals surface area contributed by atoms with Crippen LogP contribution in [0.2, 0.25) is 0 Å². The van der Waals surface area contributed by atoms with Crippen LogP contribution in [0.15, 0.2) is 18.3 Å². The minimum absolute atomic E-state index is 0.235. The standard InChI is InChI=1S/C14H19NO/c1-10-12(9-16)5-3-6-13(10)14-7-4-8-15-11(14)2/h4,7-10,12-13H,3,5-6H2,1-2H3. The Morgan fingerprint density at radius 1 is 1.44 bits per heavy atom. The molecule has 0 aromatic carbocycles. The van der Waals surface area contributed by atoms with Crippen molar-refractivity contribution in [1.29, 1.82) is 0 Å². The number of hydrogen-bond donors (Lipinski definition) is 0. The van der Waals surface area contributed by atoms with Gasteiger partial charge in [-0.05, 0) is 43.2 Å². The molecule has 0 saturated heterocycles. The maximum Gasteiger partial charge on any atom is 0.123 e. The van der Waals surface area contributed by atoms with Crippen molar-refractivity contribution in [3.05, 3.63) is 29.6 Å². The Hall–Kier alpha value is -1.18. The van der Waals surface area contributed by atoms with Gasteiger partial charge in [-0.3, -0.25) is 4.98 Å². The van der Waals surface area contributed by atoms with Crippen molar-refractivity contribution in [2.75, 3.05) is 0 Å². The molecule has 2 heteroatoms. The summed E-state index contributed by atoms with van der Waals surface area (Å²) in [6.45, 7) is 4.27. The van der Waals surface area contributed by atoms with E-state index in [1.54, 1.807) is 0 Å². The molecule has 3 atom stereocenters. The van der Waals surface area contributed by atoms with Gasteiger partial charge in [-0.15, -0.1) is 0 Å². The zero-order chi connectivity index (χ0) is 11.5. The van der Waals surface area contributed by atoms with Gasteiger partial charge in [0.2, 0.25) is 0 Å². The molecule has 1 aromatic heterocycles. The molecule has 86 valence electrons. The minimum atomic E-state index is 0.235. The van der Waals surface area contributed by atoms with Crippen LogP contribution in [0.25, 0.3) is 0 Å². The van der Waals surface area contributed by atoms with Crippen LogP contribution < -0.4 is 0 Å². The summed E-state index contributed by atoms with van der Waals surface area (Å²) >= 11 is 0. The molecule has 16 heavy (non-hydrogen) atoms. The second-order valence-electron chi connectivity index (χ2n) is 4.87. The highest BCUT2D eigenvalue weighted by molar-refractivity contribution is 5.54. The predicted molar refractivity (Wildman–Crippen MR) is 64.3 cm³/mol. The van der Waals surface area contributed by atoms with E-state index >= 15 is 0 Å². The molecule has 1 aliphatic carbocycles. The second-order valence-corrected chi connectivity index (χ2v) is 4.87. The summed E-state index contributed by atoms with van der Waals surface area (Å²) in [7, 11) is 0.